The Morgan fingerprint density at radius 1 is 0.333 bits per heavy atom. The zero-order valence-corrected chi connectivity index (χ0v) is 22.8. The van der Waals surface area contributed by atoms with E-state index in [1.807, 2.05) is 0 Å². The van der Waals surface area contributed by atoms with E-state index in [0.29, 0.717) is 0 Å². The van der Waals surface area contributed by atoms with Gasteiger partial charge in [0.05, 0.1) is 27.6 Å². The lowest BCUT2D eigenvalue weighted by atomic mass is 9.97. The molecule has 0 unspecified atom stereocenters. The molecule has 2 heteroatoms. The van der Waals surface area contributed by atoms with E-state index in [1.54, 1.807) is 0 Å². The Balaban J connectivity index is 1.31. The maximum atomic E-state index is 2.47. The lowest BCUT2D eigenvalue weighted by Gasteiger charge is -2.08. The minimum Gasteiger partial charge on any atom is -0.309 e. The standard InChI is InChI=1S/C40H24N2/c1-2-12-29(13-3-1)41-36-16-8-6-14-30(36)32-21-27(18-19-38(32)41)28-22-34-31-15-7-9-17-37(31)42-39-24-26-11-5-4-10-25(26)20-33(39)35(23-28)40(34)42/h1-24H. The normalized spacial score (nSPS) is 12.3. The first-order valence-electron chi connectivity index (χ1n) is 14.5. The second-order valence-electron chi connectivity index (χ2n) is 11.4. The topological polar surface area (TPSA) is 9.34 Å². The minimum absolute atomic E-state index is 1.18. The highest BCUT2D eigenvalue weighted by Crippen LogP contribution is 2.43. The van der Waals surface area contributed by atoms with Crippen LogP contribution in [0, 0.1) is 0 Å². The first-order valence-corrected chi connectivity index (χ1v) is 14.5. The van der Waals surface area contributed by atoms with Gasteiger partial charge < -0.3 is 8.97 Å². The fourth-order valence-corrected chi connectivity index (χ4v) is 7.36. The van der Waals surface area contributed by atoms with Crippen molar-refractivity contribution >= 4 is 70.7 Å². The molecule has 2 nitrogen and oxygen atoms in total. The largest absolute Gasteiger partial charge is 0.309 e. The average Bonchev–Trinajstić information content (AvgIpc) is 3.68. The van der Waals surface area contributed by atoms with Gasteiger partial charge in [-0.05, 0) is 82.6 Å². The smallest absolute Gasteiger partial charge is 0.0620 e. The van der Waals surface area contributed by atoms with Gasteiger partial charge in [-0.15, -0.1) is 0 Å². The van der Waals surface area contributed by atoms with Crippen LogP contribution in [0.1, 0.15) is 0 Å². The monoisotopic (exact) mass is 532 g/mol. The van der Waals surface area contributed by atoms with Gasteiger partial charge in [0.2, 0.25) is 0 Å². The van der Waals surface area contributed by atoms with Gasteiger partial charge in [0, 0.05) is 38.0 Å². The zero-order chi connectivity index (χ0) is 27.4. The van der Waals surface area contributed by atoms with Gasteiger partial charge in [0.1, 0.15) is 0 Å². The number of aromatic nitrogens is 2. The summed E-state index contributed by atoms with van der Waals surface area (Å²) in [5.74, 6) is 0. The van der Waals surface area contributed by atoms with Crippen LogP contribution in [0.15, 0.2) is 146 Å². The molecule has 10 rings (SSSR count). The number of hydrogen-bond donors (Lipinski definition) is 0. The number of para-hydroxylation sites is 3. The van der Waals surface area contributed by atoms with Gasteiger partial charge in [-0.1, -0.05) is 84.9 Å². The molecule has 42 heavy (non-hydrogen) atoms. The molecule has 0 bridgehead atoms. The SMILES string of the molecule is c1ccc(-n2c3ccccc3c3cc(-c4cc5c6ccccc6n6c7cc8ccccc8cc7c(c4)c56)ccc32)cc1. The molecular weight excluding hydrogens is 508 g/mol. The molecule has 0 amide bonds. The second kappa shape index (κ2) is 7.99. The first kappa shape index (κ1) is 22.1. The highest BCUT2D eigenvalue weighted by molar-refractivity contribution is 6.26. The quantitative estimate of drug-likeness (QED) is 0.209. The van der Waals surface area contributed by atoms with E-state index in [2.05, 4.69) is 155 Å². The molecule has 0 spiro atoms. The fourth-order valence-electron chi connectivity index (χ4n) is 7.36. The third-order valence-electron chi connectivity index (χ3n) is 9.18. The Hall–Kier alpha value is -5.60. The Kier molecular flexibility index (Phi) is 4.21. The molecule has 0 aliphatic heterocycles. The van der Waals surface area contributed by atoms with Crippen LogP contribution < -0.4 is 0 Å². The summed E-state index contributed by atoms with van der Waals surface area (Å²) in [5, 5.41) is 10.3. The van der Waals surface area contributed by atoms with Gasteiger partial charge >= 0.3 is 0 Å². The molecule has 7 aromatic carbocycles. The van der Waals surface area contributed by atoms with Gasteiger partial charge in [-0.25, -0.2) is 0 Å². The first-order chi connectivity index (χ1) is 20.8. The fraction of sp³-hybridized carbons (Fsp3) is 0. The van der Waals surface area contributed by atoms with Crippen LogP contribution in [0.3, 0.4) is 0 Å². The van der Waals surface area contributed by atoms with Crippen molar-refractivity contribution in [2.24, 2.45) is 0 Å². The highest BCUT2D eigenvalue weighted by atomic mass is 15.0. The molecule has 0 saturated carbocycles. The summed E-state index contributed by atoms with van der Waals surface area (Å²) in [6.45, 7) is 0. The molecule has 194 valence electrons. The Bertz CT molecular complexity index is 2670. The predicted octanol–water partition coefficient (Wildman–Crippen LogP) is 10.8. The van der Waals surface area contributed by atoms with E-state index in [9.17, 15) is 0 Å². The second-order valence-corrected chi connectivity index (χ2v) is 11.4. The van der Waals surface area contributed by atoms with E-state index in [4.69, 9.17) is 0 Å². The summed E-state index contributed by atoms with van der Waals surface area (Å²) < 4.78 is 4.86. The summed E-state index contributed by atoms with van der Waals surface area (Å²) >= 11 is 0. The van der Waals surface area contributed by atoms with E-state index in [1.165, 1.54) is 87.5 Å². The van der Waals surface area contributed by atoms with Crippen LogP contribution in [0.5, 0.6) is 0 Å². The highest BCUT2D eigenvalue weighted by Gasteiger charge is 2.20. The lowest BCUT2D eigenvalue weighted by molar-refractivity contribution is 1.18. The summed E-state index contributed by atoms with van der Waals surface area (Å²) in [4.78, 5) is 0. The van der Waals surface area contributed by atoms with E-state index >= 15 is 0 Å². The molecule has 3 aromatic heterocycles. The van der Waals surface area contributed by atoms with Crippen molar-refractivity contribution < 1.29 is 0 Å². The molecular formula is C40H24N2. The molecule has 0 saturated heterocycles. The molecule has 3 heterocycles. The number of fused-ring (bicyclic) bond motifs is 10. The zero-order valence-electron chi connectivity index (χ0n) is 22.8. The van der Waals surface area contributed by atoms with Crippen molar-refractivity contribution in [3.63, 3.8) is 0 Å². The molecule has 0 N–H and O–H groups in total. The van der Waals surface area contributed by atoms with Gasteiger partial charge in [0.25, 0.3) is 0 Å². The molecule has 0 aliphatic rings. The van der Waals surface area contributed by atoms with Crippen molar-refractivity contribution in [1.82, 2.24) is 8.97 Å². The Morgan fingerprint density at radius 2 is 0.905 bits per heavy atom. The molecule has 10 aromatic rings. The summed E-state index contributed by atoms with van der Waals surface area (Å²) in [7, 11) is 0. The molecule has 0 fully saturated rings. The molecule has 0 radical (unpaired) electrons. The number of rotatable bonds is 2. The van der Waals surface area contributed by atoms with Crippen LogP contribution in [0.25, 0.3) is 87.5 Å². The minimum atomic E-state index is 1.18. The van der Waals surface area contributed by atoms with Gasteiger partial charge in [0.15, 0.2) is 0 Å². The van der Waals surface area contributed by atoms with Crippen LogP contribution in [-0.2, 0) is 0 Å². The Labute approximate surface area is 241 Å². The third kappa shape index (κ3) is 2.83. The van der Waals surface area contributed by atoms with Crippen LogP contribution in [0.4, 0.5) is 0 Å². The van der Waals surface area contributed by atoms with Crippen molar-refractivity contribution in [2.75, 3.05) is 0 Å². The molecule has 0 aliphatic carbocycles. The maximum Gasteiger partial charge on any atom is 0.0620 e. The van der Waals surface area contributed by atoms with E-state index in [0.717, 1.165) is 0 Å². The number of benzene rings is 7. The van der Waals surface area contributed by atoms with Crippen LogP contribution in [0.2, 0.25) is 0 Å². The van der Waals surface area contributed by atoms with Crippen molar-refractivity contribution in [2.45, 2.75) is 0 Å². The summed E-state index contributed by atoms with van der Waals surface area (Å²) in [5.41, 5.74) is 9.98. The van der Waals surface area contributed by atoms with Crippen LogP contribution >= 0.6 is 0 Å². The van der Waals surface area contributed by atoms with Gasteiger partial charge in [-0.3, -0.25) is 0 Å². The Morgan fingerprint density at radius 3 is 1.71 bits per heavy atom. The van der Waals surface area contributed by atoms with Crippen LogP contribution in [-0.4, -0.2) is 8.97 Å². The van der Waals surface area contributed by atoms with E-state index in [-0.39, 0.29) is 0 Å². The van der Waals surface area contributed by atoms with Crippen molar-refractivity contribution in [1.29, 1.82) is 0 Å². The van der Waals surface area contributed by atoms with Crippen molar-refractivity contribution in [3.8, 4) is 16.8 Å². The average molecular weight is 533 g/mol. The summed E-state index contributed by atoms with van der Waals surface area (Å²) in [6.07, 6.45) is 0. The maximum absolute atomic E-state index is 2.47. The summed E-state index contributed by atoms with van der Waals surface area (Å²) in [6, 6.07) is 53.5. The predicted molar refractivity (Wildman–Crippen MR) is 178 cm³/mol. The molecule has 0 atom stereocenters. The van der Waals surface area contributed by atoms with Gasteiger partial charge in [-0.2, -0.15) is 0 Å². The third-order valence-corrected chi connectivity index (χ3v) is 9.18. The lowest BCUT2D eigenvalue weighted by Crippen LogP contribution is -1.92. The van der Waals surface area contributed by atoms with E-state index < -0.39 is 0 Å². The van der Waals surface area contributed by atoms with Crippen molar-refractivity contribution in [3.05, 3.63) is 146 Å². The number of hydrogen-bond acceptors (Lipinski definition) is 0. The number of nitrogens with zero attached hydrogens (tertiary/aromatic N) is 2.